The quantitative estimate of drug-likeness (QED) is 0.605. The lowest BCUT2D eigenvalue weighted by Gasteiger charge is -1.99. The van der Waals surface area contributed by atoms with Gasteiger partial charge in [0.2, 0.25) is 5.95 Å². The van der Waals surface area contributed by atoms with E-state index in [1.807, 2.05) is 44.2 Å². The molecule has 3 aromatic heterocycles. The van der Waals surface area contributed by atoms with Gasteiger partial charge in [0, 0.05) is 35.4 Å². The van der Waals surface area contributed by atoms with Gasteiger partial charge < -0.3 is 4.98 Å². The van der Waals surface area contributed by atoms with Gasteiger partial charge in [-0.3, -0.25) is 14.9 Å². The number of rotatable bonds is 3. The van der Waals surface area contributed by atoms with Gasteiger partial charge in [0.05, 0.1) is 11.3 Å². The fourth-order valence-corrected chi connectivity index (χ4v) is 2.80. The van der Waals surface area contributed by atoms with Crippen molar-refractivity contribution in [3.05, 3.63) is 76.6 Å². The van der Waals surface area contributed by atoms with Gasteiger partial charge in [-0.15, -0.1) is 0 Å². The van der Waals surface area contributed by atoms with Crippen molar-refractivity contribution in [2.24, 2.45) is 0 Å². The first kappa shape index (κ1) is 15.1. The maximum atomic E-state index is 12.7. The fourth-order valence-electron chi connectivity index (χ4n) is 2.80. The van der Waals surface area contributed by atoms with Crippen molar-refractivity contribution in [3.8, 4) is 28.3 Å². The molecule has 25 heavy (non-hydrogen) atoms. The topological polar surface area (TPSA) is 79.4 Å². The van der Waals surface area contributed by atoms with E-state index in [4.69, 9.17) is 0 Å². The summed E-state index contributed by atoms with van der Waals surface area (Å²) in [6.07, 6.45) is 5.02. The van der Waals surface area contributed by atoms with Crippen molar-refractivity contribution in [2.75, 3.05) is 0 Å². The average molecular weight is 331 g/mol. The van der Waals surface area contributed by atoms with E-state index in [2.05, 4.69) is 20.1 Å². The molecule has 0 saturated carbocycles. The second-order valence-corrected chi connectivity index (χ2v) is 5.97. The summed E-state index contributed by atoms with van der Waals surface area (Å²) in [5.74, 6) is 0.466. The molecule has 1 aromatic carbocycles. The van der Waals surface area contributed by atoms with E-state index in [0.29, 0.717) is 11.5 Å². The zero-order chi connectivity index (χ0) is 17.4. The fraction of sp³-hybridized carbons (Fsp3) is 0.105. The third-order valence-electron chi connectivity index (χ3n) is 4.15. The Labute approximate surface area is 144 Å². The SMILES string of the molecule is Cc1ccc(-c2nc(-n3[nH]cc(-c4cccnc4)c3=O)[nH]c2C)cc1. The van der Waals surface area contributed by atoms with E-state index in [-0.39, 0.29) is 5.56 Å². The molecule has 0 atom stereocenters. The van der Waals surface area contributed by atoms with E-state index in [0.717, 1.165) is 22.5 Å². The van der Waals surface area contributed by atoms with Crippen LogP contribution in [0.2, 0.25) is 0 Å². The standard InChI is InChI=1S/C19H17N5O/c1-12-5-7-14(8-6-12)17-13(2)22-19(23-17)24-18(25)16(11-21-24)15-4-3-9-20-10-15/h3-11,21H,1-2H3,(H,22,23). The first-order valence-corrected chi connectivity index (χ1v) is 7.98. The first-order valence-electron chi connectivity index (χ1n) is 7.98. The average Bonchev–Trinajstić information content (AvgIpc) is 3.19. The normalized spacial score (nSPS) is 11.0. The number of aromatic nitrogens is 5. The third-order valence-corrected chi connectivity index (χ3v) is 4.15. The van der Waals surface area contributed by atoms with Crippen molar-refractivity contribution in [3.63, 3.8) is 0 Å². The Hall–Kier alpha value is -3.41. The lowest BCUT2D eigenvalue weighted by Crippen LogP contribution is -2.17. The molecule has 0 amide bonds. The molecule has 6 heteroatoms. The maximum Gasteiger partial charge on any atom is 0.281 e. The van der Waals surface area contributed by atoms with Gasteiger partial charge in [-0.2, -0.15) is 4.68 Å². The first-order chi connectivity index (χ1) is 12.1. The minimum absolute atomic E-state index is 0.169. The molecule has 0 aliphatic heterocycles. The summed E-state index contributed by atoms with van der Waals surface area (Å²) in [4.78, 5) is 24.6. The molecule has 0 aliphatic rings. The number of hydrogen-bond acceptors (Lipinski definition) is 3. The number of hydrogen-bond donors (Lipinski definition) is 2. The van der Waals surface area contributed by atoms with Gasteiger partial charge >= 0.3 is 0 Å². The van der Waals surface area contributed by atoms with Gasteiger partial charge in [0.25, 0.3) is 5.56 Å². The molecule has 0 bridgehead atoms. The van der Waals surface area contributed by atoms with Crippen LogP contribution in [0, 0.1) is 13.8 Å². The Kier molecular flexibility index (Phi) is 3.57. The zero-order valence-corrected chi connectivity index (χ0v) is 13.9. The second-order valence-electron chi connectivity index (χ2n) is 5.97. The van der Waals surface area contributed by atoms with Gasteiger partial charge in [-0.1, -0.05) is 35.9 Å². The van der Waals surface area contributed by atoms with Crippen LogP contribution in [0.4, 0.5) is 0 Å². The van der Waals surface area contributed by atoms with Crippen molar-refractivity contribution >= 4 is 0 Å². The number of nitrogens with one attached hydrogen (secondary N) is 2. The lowest BCUT2D eigenvalue weighted by molar-refractivity contribution is 0.797. The summed E-state index contributed by atoms with van der Waals surface area (Å²) >= 11 is 0. The van der Waals surface area contributed by atoms with Crippen LogP contribution in [-0.2, 0) is 0 Å². The summed E-state index contributed by atoms with van der Waals surface area (Å²) in [7, 11) is 0. The summed E-state index contributed by atoms with van der Waals surface area (Å²) in [5, 5.41) is 2.97. The smallest absolute Gasteiger partial charge is 0.281 e. The molecule has 6 nitrogen and oxygen atoms in total. The molecule has 3 heterocycles. The van der Waals surface area contributed by atoms with Crippen molar-refractivity contribution < 1.29 is 0 Å². The molecule has 4 rings (SSSR count). The van der Waals surface area contributed by atoms with Crippen LogP contribution < -0.4 is 5.56 Å². The minimum Gasteiger partial charge on any atom is -0.326 e. The van der Waals surface area contributed by atoms with Crippen LogP contribution in [0.3, 0.4) is 0 Å². The number of imidazole rings is 1. The van der Waals surface area contributed by atoms with Crippen molar-refractivity contribution in [1.82, 2.24) is 24.7 Å². The highest BCUT2D eigenvalue weighted by atomic mass is 16.1. The molecule has 0 saturated heterocycles. The van der Waals surface area contributed by atoms with Crippen molar-refractivity contribution in [1.29, 1.82) is 0 Å². The third kappa shape index (κ3) is 2.67. The Morgan fingerprint density at radius 3 is 2.56 bits per heavy atom. The molecule has 4 aromatic rings. The summed E-state index contributed by atoms with van der Waals surface area (Å²) in [6, 6.07) is 11.8. The lowest BCUT2D eigenvalue weighted by atomic mass is 10.1. The molecule has 0 radical (unpaired) electrons. The minimum atomic E-state index is -0.169. The predicted molar refractivity (Wildman–Crippen MR) is 96.7 cm³/mol. The largest absolute Gasteiger partial charge is 0.326 e. The molecule has 2 N–H and O–H groups in total. The number of aromatic amines is 2. The van der Waals surface area contributed by atoms with E-state index >= 15 is 0 Å². The molecule has 124 valence electrons. The summed E-state index contributed by atoms with van der Waals surface area (Å²) in [5.41, 5.74) is 5.10. The Morgan fingerprint density at radius 1 is 1.04 bits per heavy atom. The van der Waals surface area contributed by atoms with Gasteiger partial charge in [-0.05, 0) is 19.9 Å². The zero-order valence-electron chi connectivity index (χ0n) is 13.9. The molecule has 0 unspecified atom stereocenters. The predicted octanol–water partition coefficient (Wildman–Crippen LogP) is 3.23. The molecule has 0 aliphatic carbocycles. The highest BCUT2D eigenvalue weighted by molar-refractivity contribution is 5.64. The van der Waals surface area contributed by atoms with Crippen LogP contribution in [0.1, 0.15) is 11.3 Å². The second kappa shape index (κ2) is 5.90. The molecular formula is C19H17N5O. The Balaban J connectivity index is 1.77. The van der Waals surface area contributed by atoms with Crippen LogP contribution in [-0.4, -0.2) is 24.7 Å². The number of benzene rings is 1. The van der Waals surface area contributed by atoms with E-state index < -0.39 is 0 Å². The highest BCUT2D eigenvalue weighted by Gasteiger charge is 2.15. The van der Waals surface area contributed by atoms with Gasteiger partial charge in [0.1, 0.15) is 0 Å². The van der Waals surface area contributed by atoms with Gasteiger partial charge in [0.15, 0.2) is 0 Å². The monoisotopic (exact) mass is 331 g/mol. The van der Waals surface area contributed by atoms with Crippen LogP contribution in [0.25, 0.3) is 28.3 Å². The highest BCUT2D eigenvalue weighted by Crippen LogP contribution is 2.22. The van der Waals surface area contributed by atoms with Crippen LogP contribution in [0.15, 0.2) is 59.8 Å². The summed E-state index contributed by atoms with van der Waals surface area (Å²) in [6.45, 7) is 3.99. The van der Waals surface area contributed by atoms with E-state index in [1.54, 1.807) is 24.7 Å². The van der Waals surface area contributed by atoms with E-state index in [9.17, 15) is 4.79 Å². The maximum absolute atomic E-state index is 12.7. The molecule has 0 fully saturated rings. The molecule has 0 spiro atoms. The van der Waals surface area contributed by atoms with Crippen LogP contribution >= 0.6 is 0 Å². The number of H-pyrrole nitrogens is 2. The van der Waals surface area contributed by atoms with E-state index in [1.165, 1.54) is 10.2 Å². The van der Waals surface area contributed by atoms with Crippen LogP contribution in [0.5, 0.6) is 0 Å². The van der Waals surface area contributed by atoms with Crippen molar-refractivity contribution in [2.45, 2.75) is 13.8 Å². The number of aryl methyl sites for hydroxylation is 2. The summed E-state index contributed by atoms with van der Waals surface area (Å²) < 4.78 is 1.41. The van der Waals surface area contributed by atoms with Gasteiger partial charge in [-0.25, -0.2) is 4.98 Å². The Bertz CT molecular complexity index is 1070. The number of pyridine rings is 1. The molecular weight excluding hydrogens is 314 g/mol. The Morgan fingerprint density at radius 2 is 1.84 bits per heavy atom. The number of nitrogens with zero attached hydrogens (tertiary/aromatic N) is 3.